The molecule has 1 aliphatic rings. The summed E-state index contributed by atoms with van der Waals surface area (Å²) in [5, 5.41) is 22.2. The SMILES string of the molecule is Cc1ccc([N+](=O)[O-])c(NC(=O)C2(C#N)CC2)c1. The summed E-state index contributed by atoms with van der Waals surface area (Å²) in [5.74, 6) is -0.460. The van der Waals surface area contributed by atoms with Crippen LogP contribution < -0.4 is 5.32 Å². The van der Waals surface area contributed by atoms with E-state index in [-0.39, 0.29) is 11.4 Å². The number of hydrogen-bond donors (Lipinski definition) is 1. The van der Waals surface area contributed by atoms with Crippen LogP contribution in [0.1, 0.15) is 18.4 Å². The highest BCUT2D eigenvalue weighted by Gasteiger charge is 2.51. The average molecular weight is 245 g/mol. The van der Waals surface area contributed by atoms with Crippen LogP contribution in [-0.2, 0) is 4.79 Å². The highest BCUT2D eigenvalue weighted by Crippen LogP contribution is 2.46. The third kappa shape index (κ3) is 2.02. The fraction of sp³-hybridized carbons (Fsp3) is 0.333. The molecule has 2 rings (SSSR count). The van der Waals surface area contributed by atoms with E-state index in [1.165, 1.54) is 12.1 Å². The molecule has 0 bridgehead atoms. The number of nitrogens with zero attached hydrogens (tertiary/aromatic N) is 2. The number of hydrogen-bond acceptors (Lipinski definition) is 4. The molecule has 92 valence electrons. The summed E-state index contributed by atoms with van der Waals surface area (Å²) >= 11 is 0. The number of nitrogens with one attached hydrogen (secondary N) is 1. The molecule has 1 amide bonds. The maximum Gasteiger partial charge on any atom is 0.292 e. The molecule has 18 heavy (non-hydrogen) atoms. The van der Waals surface area contributed by atoms with Gasteiger partial charge in [-0.15, -0.1) is 0 Å². The summed E-state index contributed by atoms with van der Waals surface area (Å²) in [7, 11) is 0. The van der Waals surface area contributed by atoms with Gasteiger partial charge in [0.25, 0.3) is 5.69 Å². The van der Waals surface area contributed by atoms with Crippen LogP contribution in [0.2, 0.25) is 0 Å². The summed E-state index contributed by atoms with van der Waals surface area (Å²) in [6, 6.07) is 6.43. The molecule has 0 unspecified atom stereocenters. The van der Waals surface area contributed by atoms with Crippen LogP contribution >= 0.6 is 0 Å². The van der Waals surface area contributed by atoms with Gasteiger partial charge in [-0.05, 0) is 31.4 Å². The number of benzene rings is 1. The first-order valence-corrected chi connectivity index (χ1v) is 5.46. The molecule has 1 aromatic rings. The summed E-state index contributed by atoms with van der Waals surface area (Å²) < 4.78 is 0. The Hall–Kier alpha value is -2.42. The smallest absolute Gasteiger partial charge is 0.292 e. The first-order chi connectivity index (χ1) is 8.48. The highest BCUT2D eigenvalue weighted by molar-refractivity contribution is 6.00. The van der Waals surface area contributed by atoms with Gasteiger partial charge in [-0.2, -0.15) is 5.26 Å². The Kier molecular flexibility index (Phi) is 2.75. The Balaban J connectivity index is 2.29. The minimum absolute atomic E-state index is 0.145. The lowest BCUT2D eigenvalue weighted by atomic mass is 10.1. The van der Waals surface area contributed by atoms with Crippen molar-refractivity contribution in [2.75, 3.05) is 5.32 Å². The Morgan fingerprint density at radius 1 is 1.56 bits per heavy atom. The van der Waals surface area contributed by atoms with Crippen molar-refractivity contribution in [3.05, 3.63) is 33.9 Å². The van der Waals surface area contributed by atoms with Gasteiger partial charge in [0.05, 0.1) is 11.0 Å². The molecule has 1 saturated carbocycles. The number of aryl methyl sites for hydroxylation is 1. The zero-order chi connectivity index (χ0) is 13.3. The van der Waals surface area contributed by atoms with Gasteiger partial charge in [0.15, 0.2) is 0 Å². The lowest BCUT2D eigenvalue weighted by molar-refractivity contribution is -0.383. The van der Waals surface area contributed by atoms with E-state index in [1.54, 1.807) is 13.0 Å². The van der Waals surface area contributed by atoms with Gasteiger partial charge in [0, 0.05) is 6.07 Å². The monoisotopic (exact) mass is 245 g/mol. The Bertz CT molecular complexity index is 570. The minimum atomic E-state index is -0.988. The lowest BCUT2D eigenvalue weighted by Gasteiger charge is -2.09. The van der Waals surface area contributed by atoms with Gasteiger partial charge in [-0.3, -0.25) is 14.9 Å². The third-order valence-electron chi connectivity index (χ3n) is 3.00. The second-order valence-electron chi connectivity index (χ2n) is 4.43. The highest BCUT2D eigenvalue weighted by atomic mass is 16.6. The zero-order valence-electron chi connectivity index (χ0n) is 9.77. The number of carbonyl (C=O) groups excluding carboxylic acids is 1. The van der Waals surface area contributed by atoms with Crippen molar-refractivity contribution in [1.82, 2.24) is 0 Å². The Labute approximate surface area is 103 Å². The lowest BCUT2D eigenvalue weighted by Crippen LogP contribution is -2.23. The van der Waals surface area contributed by atoms with E-state index in [2.05, 4.69) is 5.32 Å². The normalized spacial score (nSPS) is 15.6. The molecule has 0 aliphatic heterocycles. The van der Waals surface area contributed by atoms with Crippen molar-refractivity contribution < 1.29 is 9.72 Å². The molecule has 1 aliphatic carbocycles. The second kappa shape index (κ2) is 4.11. The number of nitro groups is 1. The van der Waals surface area contributed by atoms with Crippen molar-refractivity contribution in [3.63, 3.8) is 0 Å². The van der Waals surface area contributed by atoms with E-state index in [4.69, 9.17) is 5.26 Å². The van der Waals surface area contributed by atoms with Crippen molar-refractivity contribution in [3.8, 4) is 6.07 Å². The van der Waals surface area contributed by atoms with Crippen molar-refractivity contribution >= 4 is 17.3 Å². The van der Waals surface area contributed by atoms with E-state index in [9.17, 15) is 14.9 Å². The fourth-order valence-electron chi connectivity index (χ4n) is 1.67. The third-order valence-corrected chi connectivity index (χ3v) is 3.00. The predicted molar refractivity (Wildman–Crippen MR) is 63.7 cm³/mol. The Morgan fingerprint density at radius 3 is 2.72 bits per heavy atom. The first kappa shape index (κ1) is 12.0. The molecule has 0 aromatic heterocycles. The summed E-state index contributed by atoms with van der Waals surface area (Å²) in [4.78, 5) is 22.1. The second-order valence-corrected chi connectivity index (χ2v) is 4.43. The number of nitriles is 1. The van der Waals surface area contributed by atoms with E-state index >= 15 is 0 Å². The summed E-state index contributed by atoms with van der Waals surface area (Å²) in [6.07, 6.45) is 1.02. The Morgan fingerprint density at radius 2 is 2.22 bits per heavy atom. The van der Waals surface area contributed by atoms with Crippen LogP contribution in [0.3, 0.4) is 0 Å². The molecule has 0 atom stereocenters. The molecule has 1 N–H and O–H groups in total. The van der Waals surface area contributed by atoms with Gasteiger partial charge in [-0.1, -0.05) is 6.07 Å². The molecule has 6 nitrogen and oxygen atoms in total. The standard InChI is InChI=1S/C12H11N3O3/c1-8-2-3-10(15(17)18)9(6-8)14-11(16)12(7-13)4-5-12/h2-3,6H,4-5H2,1H3,(H,14,16). The predicted octanol–water partition coefficient (Wildman–Crippen LogP) is 2.15. The molecule has 0 radical (unpaired) electrons. The number of anilines is 1. The molecule has 6 heteroatoms. The first-order valence-electron chi connectivity index (χ1n) is 5.46. The molecular weight excluding hydrogens is 234 g/mol. The quantitative estimate of drug-likeness (QED) is 0.651. The number of carbonyl (C=O) groups is 1. The van der Waals surface area contributed by atoms with Gasteiger partial charge < -0.3 is 5.32 Å². The zero-order valence-corrected chi connectivity index (χ0v) is 9.77. The minimum Gasteiger partial charge on any atom is -0.319 e. The van der Waals surface area contributed by atoms with Crippen LogP contribution in [0.4, 0.5) is 11.4 Å². The maximum absolute atomic E-state index is 11.9. The fourth-order valence-corrected chi connectivity index (χ4v) is 1.67. The largest absolute Gasteiger partial charge is 0.319 e. The average Bonchev–Trinajstić information content (AvgIpc) is 3.09. The van der Waals surface area contributed by atoms with Gasteiger partial charge in [0.1, 0.15) is 11.1 Å². The van der Waals surface area contributed by atoms with Crippen molar-refractivity contribution in [1.29, 1.82) is 5.26 Å². The summed E-state index contributed by atoms with van der Waals surface area (Å²) in [5.41, 5.74) is -0.204. The molecule has 0 heterocycles. The summed E-state index contributed by atoms with van der Waals surface area (Å²) in [6.45, 7) is 1.77. The van der Waals surface area contributed by atoms with Gasteiger partial charge >= 0.3 is 0 Å². The van der Waals surface area contributed by atoms with Crippen LogP contribution in [0.15, 0.2) is 18.2 Å². The maximum atomic E-state index is 11.9. The van der Waals surface area contributed by atoms with E-state index in [0.29, 0.717) is 12.8 Å². The van der Waals surface area contributed by atoms with Crippen molar-refractivity contribution in [2.24, 2.45) is 5.41 Å². The topological polar surface area (TPSA) is 96.0 Å². The van der Waals surface area contributed by atoms with Crippen LogP contribution in [-0.4, -0.2) is 10.8 Å². The molecule has 1 aromatic carbocycles. The number of amides is 1. The number of rotatable bonds is 3. The van der Waals surface area contributed by atoms with Gasteiger partial charge in [0.2, 0.25) is 5.91 Å². The molecule has 1 fully saturated rings. The molecular formula is C12H11N3O3. The number of nitro benzene ring substituents is 1. The van der Waals surface area contributed by atoms with E-state index < -0.39 is 16.2 Å². The van der Waals surface area contributed by atoms with Crippen molar-refractivity contribution in [2.45, 2.75) is 19.8 Å². The van der Waals surface area contributed by atoms with Crippen LogP contribution in [0, 0.1) is 33.8 Å². The molecule has 0 spiro atoms. The van der Waals surface area contributed by atoms with Crippen LogP contribution in [0.5, 0.6) is 0 Å². The molecule has 0 saturated heterocycles. The van der Waals surface area contributed by atoms with E-state index in [0.717, 1.165) is 5.56 Å². The van der Waals surface area contributed by atoms with Crippen LogP contribution in [0.25, 0.3) is 0 Å². The van der Waals surface area contributed by atoms with E-state index in [1.807, 2.05) is 6.07 Å². The van der Waals surface area contributed by atoms with Gasteiger partial charge in [-0.25, -0.2) is 0 Å².